The van der Waals surface area contributed by atoms with Gasteiger partial charge in [0.1, 0.15) is 0 Å². The summed E-state index contributed by atoms with van der Waals surface area (Å²) in [6, 6.07) is 13.2. The fourth-order valence-electron chi connectivity index (χ4n) is 4.80. The van der Waals surface area contributed by atoms with Gasteiger partial charge in [0, 0.05) is 6.92 Å². The van der Waals surface area contributed by atoms with Gasteiger partial charge in [-0.1, -0.05) is 0 Å². The topological polar surface area (TPSA) is 45.2 Å². The number of nitrogens with one attached hydrogen (secondary N) is 1. The van der Waals surface area contributed by atoms with E-state index in [0.29, 0.717) is 33.0 Å². The first-order valence-electron chi connectivity index (χ1n) is 10.3. The van der Waals surface area contributed by atoms with Gasteiger partial charge in [0.2, 0.25) is 0 Å². The van der Waals surface area contributed by atoms with E-state index in [-0.39, 0.29) is 18.0 Å². The zero-order chi connectivity index (χ0) is 19.3. The molecule has 0 radical (unpaired) electrons. The number of amides is 1. The quantitative estimate of drug-likeness (QED) is 0.520. The number of aromatic nitrogens is 1. The molecule has 2 aromatic rings. The molecule has 5 rings (SSSR count). The van der Waals surface area contributed by atoms with Crippen LogP contribution in [0, 0.1) is 11.8 Å². The van der Waals surface area contributed by atoms with Gasteiger partial charge in [-0.25, -0.2) is 0 Å². The van der Waals surface area contributed by atoms with E-state index in [2.05, 4.69) is 53.7 Å². The van der Waals surface area contributed by atoms with Crippen molar-refractivity contribution in [1.82, 2.24) is 4.98 Å². The van der Waals surface area contributed by atoms with Gasteiger partial charge in [0.25, 0.3) is 0 Å². The van der Waals surface area contributed by atoms with Gasteiger partial charge in [0.05, 0.1) is 0 Å². The Morgan fingerprint density at radius 1 is 1.18 bits per heavy atom. The van der Waals surface area contributed by atoms with Gasteiger partial charge in [0.15, 0.2) is 0 Å². The number of hydrogen-bond donors (Lipinski definition) is 1. The Morgan fingerprint density at radius 3 is 2.57 bits per heavy atom. The zero-order valence-corrected chi connectivity index (χ0v) is 18.6. The van der Waals surface area contributed by atoms with Crippen molar-refractivity contribution >= 4 is 17.4 Å². The summed E-state index contributed by atoms with van der Waals surface area (Å²) in [5.74, 6) is 2.81. The molecule has 4 nitrogen and oxygen atoms in total. The van der Waals surface area contributed by atoms with Gasteiger partial charge in [-0.2, -0.15) is 0 Å². The fourth-order valence-corrected chi connectivity index (χ4v) is 7.06. The van der Waals surface area contributed by atoms with Crippen LogP contribution in [0.25, 0.3) is 0 Å². The van der Waals surface area contributed by atoms with E-state index in [1.165, 1.54) is 32.8 Å². The van der Waals surface area contributed by atoms with Crippen LogP contribution in [0.3, 0.4) is 0 Å². The van der Waals surface area contributed by atoms with E-state index >= 15 is 0 Å². The number of para-hydroxylation sites is 1. The molecule has 1 amide bonds. The minimum absolute atomic E-state index is 0.153. The predicted molar refractivity (Wildman–Crippen MR) is 108 cm³/mol. The van der Waals surface area contributed by atoms with E-state index in [0.717, 1.165) is 17.4 Å². The van der Waals surface area contributed by atoms with Gasteiger partial charge in [-0.3, -0.25) is 4.79 Å². The first-order valence-corrected chi connectivity index (χ1v) is 13.3. The van der Waals surface area contributed by atoms with Crippen molar-refractivity contribution in [2.24, 2.45) is 11.8 Å². The van der Waals surface area contributed by atoms with Crippen LogP contribution in [0.1, 0.15) is 49.8 Å². The second-order valence-corrected chi connectivity index (χ2v) is 11.3. The molecule has 5 heteroatoms. The number of rotatable bonds is 4. The van der Waals surface area contributed by atoms with Crippen LogP contribution in [0.15, 0.2) is 42.6 Å². The normalized spacial score (nSPS) is 27.4. The number of nitrogens with zero attached hydrogens (tertiary/aromatic N) is 2. The molecule has 1 saturated carbocycles. The van der Waals surface area contributed by atoms with Gasteiger partial charge >= 0.3 is 166 Å². The van der Waals surface area contributed by atoms with Crippen molar-refractivity contribution in [2.75, 3.05) is 19.1 Å². The molecule has 1 N–H and O–H groups in total. The third-order valence-corrected chi connectivity index (χ3v) is 9.86. The van der Waals surface area contributed by atoms with Crippen LogP contribution < -0.4 is 31.4 Å². The molecule has 3 atom stereocenters. The summed E-state index contributed by atoms with van der Waals surface area (Å²) in [4.78, 5) is 19.4. The Bertz CT molecular complexity index is 876. The zero-order valence-electron chi connectivity index (χ0n) is 16.4. The average Bonchev–Trinajstić information content (AvgIpc) is 3.48. The van der Waals surface area contributed by atoms with Crippen LogP contribution in [-0.4, -0.2) is 25.8 Å². The van der Waals surface area contributed by atoms with Crippen LogP contribution in [0.2, 0.25) is 0 Å². The summed E-state index contributed by atoms with van der Waals surface area (Å²) < 4.78 is 2.81. The van der Waals surface area contributed by atoms with Crippen molar-refractivity contribution in [3.8, 4) is 0 Å². The number of hydrogen-bond acceptors (Lipinski definition) is 3. The number of halogens is 1. The molecule has 1 aromatic carbocycles. The third-order valence-electron chi connectivity index (χ3n) is 6.49. The van der Waals surface area contributed by atoms with E-state index in [4.69, 9.17) is 4.98 Å². The summed E-state index contributed by atoms with van der Waals surface area (Å²) in [5.41, 5.74) is 3.67. The molecule has 28 heavy (non-hydrogen) atoms. The molecule has 3 heterocycles. The van der Waals surface area contributed by atoms with E-state index in [1.807, 2.05) is 6.07 Å². The number of fused-ring (bicyclic) bond motifs is 1. The van der Waals surface area contributed by atoms with Crippen LogP contribution in [0.5, 0.6) is 0 Å². The first-order chi connectivity index (χ1) is 13.6. The molecule has 2 aliphatic heterocycles. The molecule has 148 valence electrons. The maximum atomic E-state index is 12.5. The van der Waals surface area contributed by atoms with Gasteiger partial charge in [-0.15, -0.1) is 0 Å². The molecule has 1 aliphatic carbocycles. The number of benzene rings is 1. The van der Waals surface area contributed by atoms with E-state index < -0.39 is 0 Å². The Kier molecular flexibility index (Phi) is 4.81. The van der Waals surface area contributed by atoms with E-state index in [9.17, 15) is 4.79 Å². The van der Waals surface area contributed by atoms with E-state index in [1.54, 1.807) is 6.92 Å². The number of anilines is 2. The van der Waals surface area contributed by atoms with Crippen LogP contribution in [-0.2, 0) is 4.79 Å². The summed E-state index contributed by atoms with van der Waals surface area (Å²) >= 11 is 0.476. The second kappa shape index (κ2) is 7.32. The number of carbonyl (C=O) groups is 1. The monoisotopic (exact) mass is 488 g/mol. The molecule has 0 spiro atoms. The minimum atomic E-state index is 0.153. The first kappa shape index (κ1) is 18.4. The van der Waals surface area contributed by atoms with Crippen LogP contribution >= 0.6 is 0 Å². The number of alkyl halides is 2. The average molecular weight is 488 g/mol. The number of carbonyl (C=O) groups excluding carboxylic acids is 1. The molecule has 2 fully saturated rings. The fraction of sp³-hybridized carbons (Fsp3) is 0.478. The summed E-state index contributed by atoms with van der Waals surface area (Å²) in [7, 11) is 0. The molecular formula is C23H27IN3O-. The summed E-state index contributed by atoms with van der Waals surface area (Å²) in [5, 5.41) is 3.72. The van der Waals surface area contributed by atoms with Crippen molar-refractivity contribution in [2.45, 2.75) is 44.7 Å². The second-order valence-electron chi connectivity index (χ2n) is 8.43. The van der Waals surface area contributed by atoms with Gasteiger partial charge < -0.3 is 0 Å². The number of pyridine rings is 1. The molecule has 0 bridgehead atoms. The van der Waals surface area contributed by atoms with Crippen molar-refractivity contribution < 1.29 is 26.0 Å². The standard InChI is InChI=1S/C23H27IN3O/c1-14-22(26-21-10-9-17(13-25-21)18-11-24-12-18)19-5-3-4-6-20(19)27(15(2)28)23(14)16-7-8-16/h3-6,9-10,13-14,16,18,22-23H,7-8,11-12H2,1-2H3,(H,25,26)/q-1/t14?,22?,23-/m1/s1. The van der Waals surface area contributed by atoms with Gasteiger partial charge in [-0.05, 0) is 0 Å². The maximum absolute atomic E-state index is 12.5. The Hall–Kier alpha value is -1.63. The Labute approximate surface area is 177 Å². The Balaban J connectivity index is 1.47. The van der Waals surface area contributed by atoms with Crippen molar-refractivity contribution in [3.63, 3.8) is 0 Å². The molecule has 1 saturated heterocycles. The Morgan fingerprint density at radius 2 is 1.96 bits per heavy atom. The summed E-state index contributed by atoms with van der Waals surface area (Å²) in [6.45, 7) is 3.99. The van der Waals surface area contributed by atoms with Crippen molar-refractivity contribution in [3.05, 3.63) is 53.7 Å². The predicted octanol–water partition coefficient (Wildman–Crippen LogP) is 1.20. The molecular weight excluding hydrogens is 461 g/mol. The SMILES string of the molecule is CC(=O)N1c2ccccc2C(Nc2ccc(C3C[I-]C3)cn2)C(C)[C@@H]1C1CC1. The van der Waals surface area contributed by atoms with Crippen LogP contribution in [0.4, 0.5) is 11.5 Å². The molecule has 2 unspecified atom stereocenters. The third kappa shape index (κ3) is 3.21. The molecule has 3 aliphatic rings. The molecule has 1 aromatic heterocycles. The van der Waals surface area contributed by atoms with Crippen molar-refractivity contribution in [1.29, 1.82) is 0 Å². The summed E-state index contributed by atoms with van der Waals surface area (Å²) in [6.07, 6.45) is 4.52.